The molecule has 6 heteroatoms. The highest BCUT2D eigenvalue weighted by Gasteiger charge is 2.38. The molecule has 0 saturated heterocycles. The van der Waals surface area contributed by atoms with Crippen LogP contribution in [0.2, 0.25) is 0 Å². The van der Waals surface area contributed by atoms with Crippen molar-refractivity contribution >= 4 is 23.1 Å². The highest BCUT2D eigenvalue weighted by molar-refractivity contribution is 7.80. The molecule has 1 unspecified atom stereocenters. The fourth-order valence-corrected chi connectivity index (χ4v) is 4.67. The smallest absolute Gasteiger partial charge is 0.173 e. The number of allylic oxidation sites excluding steroid dienone is 1. The molecule has 2 aromatic carbocycles. The summed E-state index contributed by atoms with van der Waals surface area (Å²) in [7, 11) is 1.63. The molecule has 0 radical (unpaired) electrons. The van der Waals surface area contributed by atoms with Crippen LogP contribution in [0.4, 0.5) is 0 Å². The van der Waals surface area contributed by atoms with Gasteiger partial charge in [0.2, 0.25) is 0 Å². The van der Waals surface area contributed by atoms with Gasteiger partial charge < -0.3 is 19.7 Å². The Morgan fingerprint density at radius 3 is 2.68 bits per heavy atom. The maximum absolute atomic E-state index is 13.1. The molecule has 0 saturated carbocycles. The predicted octanol–water partition coefficient (Wildman–Crippen LogP) is 4.92. The summed E-state index contributed by atoms with van der Waals surface area (Å²) in [5, 5.41) is 4.09. The Labute approximate surface area is 189 Å². The molecule has 1 heterocycles. The van der Waals surface area contributed by atoms with Crippen LogP contribution >= 0.6 is 12.2 Å². The number of hydrogen-bond donors (Lipinski definition) is 1. The van der Waals surface area contributed by atoms with Crippen LogP contribution in [-0.4, -0.2) is 29.5 Å². The summed E-state index contributed by atoms with van der Waals surface area (Å²) < 4.78 is 11.9. The zero-order valence-corrected chi connectivity index (χ0v) is 18.8. The first-order valence-electron chi connectivity index (χ1n) is 10.8. The van der Waals surface area contributed by atoms with Gasteiger partial charge in [0, 0.05) is 29.8 Å². The van der Waals surface area contributed by atoms with Crippen LogP contribution in [0.1, 0.15) is 49.8 Å². The molecule has 1 atom stereocenters. The van der Waals surface area contributed by atoms with Crippen LogP contribution in [0.15, 0.2) is 59.8 Å². The molecule has 162 valence electrons. The van der Waals surface area contributed by atoms with E-state index in [0.29, 0.717) is 29.6 Å². The van der Waals surface area contributed by atoms with Gasteiger partial charge in [0.15, 0.2) is 22.4 Å². The molecule has 31 heavy (non-hydrogen) atoms. The maximum Gasteiger partial charge on any atom is 0.173 e. The number of ketones is 1. The first-order valence-corrected chi connectivity index (χ1v) is 11.2. The van der Waals surface area contributed by atoms with E-state index in [1.54, 1.807) is 7.11 Å². The summed E-state index contributed by atoms with van der Waals surface area (Å²) in [6.45, 7) is 3.34. The van der Waals surface area contributed by atoms with Gasteiger partial charge in [-0.2, -0.15) is 0 Å². The number of carbonyl (C=O) groups is 1. The van der Waals surface area contributed by atoms with E-state index in [1.165, 1.54) is 0 Å². The molecule has 2 aromatic rings. The molecule has 1 aliphatic carbocycles. The number of hydrogen-bond acceptors (Lipinski definition) is 4. The molecule has 1 aliphatic heterocycles. The Bertz CT molecular complexity index is 1000. The SMILES string of the molecule is CCCN1C(=S)NC(c2cccc(OC)c2OCc2ccccc2)C2=C1CCCC2=O. The van der Waals surface area contributed by atoms with Gasteiger partial charge in [-0.05, 0) is 43.1 Å². The summed E-state index contributed by atoms with van der Waals surface area (Å²) in [6.07, 6.45) is 3.25. The van der Waals surface area contributed by atoms with Crippen molar-refractivity contribution < 1.29 is 14.3 Å². The Morgan fingerprint density at radius 2 is 1.94 bits per heavy atom. The number of benzene rings is 2. The minimum atomic E-state index is -0.343. The van der Waals surface area contributed by atoms with Gasteiger partial charge in [0.25, 0.3) is 0 Å². The minimum Gasteiger partial charge on any atom is -0.493 e. The summed E-state index contributed by atoms with van der Waals surface area (Å²) in [4.78, 5) is 15.2. The standard InChI is InChI=1S/C25H28N2O3S/c1-3-15-27-19-12-8-13-20(28)22(19)23(26-25(27)31)18-11-7-14-21(29-2)24(18)30-16-17-9-5-4-6-10-17/h4-7,9-11,14,23H,3,8,12-13,15-16H2,1-2H3,(H,26,31). The predicted molar refractivity (Wildman–Crippen MR) is 125 cm³/mol. The second kappa shape index (κ2) is 9.52. The number of Topliss-reactive ketones (excluding diaryl/α,β-unsaturated/α-hetero) is 1. The summed E-state index contributed by atoms with van der Waals surface area (Å²) in [6, 6.07) is 15.5. The van der Waals surface area contributed by atoms with Crippen molar-refractivity contribution in [1.82, 2.24) is 10.2 Å². The van der Waals surface area contributed by atoms with Crippen molar-refractivity contribution in [2.24, 2.45) is 0 Å². The van der Waals surface area contributed by atoms with Crippen LogP contribution < -0.4 is 14.8 Å². The number of rotatable bonds is 7. The Kier molecular flexibility index (Phi) is 6.56. The number of nitrogens with one attached hydrogen (secondary N) is 1. The second-order valence-electron chi connectivity index (χ2n) is 7.82. The first-order chi connectivity index (χ1) is 15.1. The Hall–Kier alpha value is -2.86. The third-order valence-electron chi connectivity index (χ3n) is 5.77. The van der Waals surface area contributed by atoms with E-state index in [-0.39, 0.29) is 11.8 Å². The zero-order chi connectivity index (χ0) is 21.8. The normalized spacial score (nSPS) is 18.5. The van der Waals surface area contributed by atoms with Gasteiger partial charge in [-0.1, -0.05) is 49.4 Å². The van der Waals surface area contributed by atoms with Crippen molar-refractivity contribution in [1.29, 1.82) is 0 Å². The third-order valence-corrected chi connectivity index (χ3v) is 6.11. The van der Waals surface area contributed by atoms with E-state index in [4.69, 9.17) is 21.7 Å². The number of carbonyl (C=O) groups excluding carboxylic acids is 1. The molecule has 0 fully saturated rings. The number of para-hydroxylation sites is 1. The van der Waals surface area contributed by atoms with E-state index >= 15 is 0 Å². The molecule has 1 N–H and O–H groups in total. The van der Waals surface area contributed by atoms with Crippen molar-refractivity contribution in [2.45, 2.75) is 45.3 Å². The molecule has 5 nitrogen and oxygen atoms in total. The number of ether oxygens (including phenoxy) is 2. The van der Waals surface area contributed by atoms with Gasteiger partial charge in [-0.25, -0.2) is 0 Å². The van der Waals surface area contributed by atoms with Gasteiger partial charge in [-0.15, -0.1) is 0 Å². The first kappa shape index (κ1) is 21.4. The van der Waals surface area contributed by atoms with E-state index < -0.39 is 0 Å². The van der Waals surface area contributed by atoms with Crippen LogP contribution in [0.5, 0.6) is 11.5 Å². The van der Waals surface area contributed by atoms with Crippen molar-refractivity contribution in [3.05, 3.63) is 70.9 Å². The lowest BCUT2D eigenvalue weighted by Gasteiger charge is -2.41. The zero-order valence-electron chi connectivity index (χ0n) is 18.0. The maximum atomic E-state index is 13.1. The summed E-state index contributed by atoms with van der Waals surface area (Å²) in [5.41, 5.74) is 3.81. The molecule has 0 spiro atoms. The van der Waals surface area contributed by atoms with Gasteiger partial charge >= 0.3 is 0 Å². The van der Waals surface area contributed by atoms with Crippen LogP contribution in [0.3, 0.4) is 0 Å². The molecule has 0 amide bonds. The average Bonchev–Trinajstić information content (AvgIpc) is 2.80. The van der Waals surface area contributed by atoms with Crippen LogP contribution in [0, 0.1) is 0 Å². The van der Waals surface area contributed by atoms with E-state index in [2.05, 4.69) is 17.1 Å². The molecular weight excluding hydrogens is 408 g/mol. The van der Waals surface area contributed by atoms with Crippen molar-refractivity contribution in [3.63, 3.8) is 0 Å². The lowest BCUT2D eigenvalue weighted by molar-refractivity contribution is -0.116. The number of thiocarbonyl (C=S) groups is 1. The average molecular weight is 437 g/mol. The summed E-state index contributed by atoms with van der Waals surface area (Å²) >= 11 is 5.72. The van der Waals surface area contributed by atoms with Crippen molar-refractivity contribution in [3.8, 4) is 11.5 Å². The van der Waals surface area contributed by atoms with Crippen LogP contribution in [0.25, 0.3) is 0 Å². The number of nitrogens with zero attached hydrogens (tertiary/aromatic N) is 1. The highest BCUT2D eigenvalue weighted by atomic mass is 32.1. The summed E-state index contributed by atoms with van der Waals surface area (Å²) in [5.74, 6) is 1.46. The molecular formula is C25H28N2O3S. The quantitative estimate of drug-likeness (QED) is 0.622. The third kappa shape index (κ3) is 4.30. The van der Waals surface area contributed by atoms with Crippen molar-refractivity contribution in [2.75, 3.05) is 13.7 Å². The van der Waals surface area contributed by atoms with Gasteiger partial charge in [-0.3, -0.25) is 4.79 Å². The van der Waals surface area contributed by atoms with E-state index in [9.17, 15) is 4.79 Å². The molecule has 0 aromatic heterocycles. The number of methoxy groups -OCH3 is 1. The lowest BCUT2D eigenvalue weighted by atomic mass is 9.84. The topological polar surface area (TPSA) is 50.8 Å². The highest BCUT2D eigenvalue weighted by Crippen LogP contribution is 2.43. The van der Waals surface area contributed by atoms with Gasteiger partial charge in [0.1, 0.15) is 6.61 Å². The largest absolute Gasteiger partial charge is 0.493 e. The fraction of sp³-hybridized carbons (Fsp3) is 0.360. The van der Waals surface area contributed by atoms with Gasteiger partial charge in [0.05, 0.1) is 13.2 Å². The second-order valence-corrected chi connectivity index (χ2v) is 8.21. The Morgan fingerprint density at radius 1 is 1.13 bits per heavy atom. The molecule has 0 bridgehead atoms. The lowest BCUT2D eigenvalue weighted by Crippen LogP contribution is -2.49. The van der Waals surface area contributed by atoms with Crippen LogP contribution in [-0.2, 0) is 11.4 Å². The van der Waals surface area contributed by atoms with E-state index in [1.807, 2.05) is 48.5 Å². The fourth-order valence-electron chi connectivity index (χ4n) is 4.35. The van der Waals surface area contributed by atoms with E-state index in [0.717, 1.165) is 48.2 Å². The molecule has 2 aliphatic rings. The monoisotopic (exact) mass is 436 g/mol. The minimum absolute atomic E-state index is 0.180. The Balaban J connectivity index is 1.76. The molecule has 4 rings (SSSR count).